The molecule has 0 saturated carbocycles. The van der Waals surface area contributed by atoms with Crippen molar-refractivity contribution in [1.82, 2.24) is 19.9 Å². The Bertz CT molecular complexity index is 1540. The van der Waals surface area contributed by atoms with Gasteiger partial charge in [0, 0.05) is 37.7 Å². The van der Waals surface area contributed by atoms with Crippen LogP contribution in [0.5, 0.6) is 0 Å². The fourth-order valence-corrected chi connectivity index (χ4v) is 5.10. The van der Waals surface area contributed by atoms with Crippen LogP contribution in [0.4, 0.5) is 0 Å². The van der Waals surface area contributed by atoms with E-state index in [4.69, 9.17) is 9.97 Å². The molecule has 4 nitrogen and oxygen atoms in total. The van der Waals surface area contributed by atoms with E-state index in [0.717, 1.165) is 66.0 Å². The fourth-order valence-electron chi connectivity index (χ4n) is 4.49. The van der Waals surface area contributed by atoms with Gasteiger partial charge in [-0.15, -0.1) is 9.24 Å². The Morgan fingerprint density at radius 1 is 0.735 bits per heavy atom. The summed E-state index contributed by atoms with van der Waals surface area (Å²) >= 11 is 3.55. The van der Waals surface area contributed by atoms with E-state index in [1.165, 1.54) is 0 Å². The zero-order valence-corrected chi connectivity index (χ0v) is 21.3. The third-order valence-corrected chi connectivity index (χ3v) is 6.89. The van der Waals surface area contributed by atoms with Crippen LogP contribution < -0.4 is 0 Å². The number of H-pyrrole nitrogens is 2. The summed E-state index contributed by atoms with van der Waals surface area (Å²) < 4.78 is 1.05. The molecular weight excluding hydrogens is 503 g/mol. The molecular formula is C28H22BrN4P. The minimum Gasteiger partial charge on any atom is -0.355 e. The number of rotatable bonds is 2. The second-order valence-electron chi connectivity index (χ2n) is 8.54. The van der Waals surface area contributed by atoms with Gasteiger partial charge in [0.1, 0.15) is 0 Å². The van der Waals surface area contributed by atoms with E-state index >= 15 is 0 Å². The van der Waals surface area contributed by atoms with Crippen LogP contribution in [0.1, 0.15) is 40.9 Å². The van der Waals surface area contributed by atoms with Crippen LogP contribution in [0.2, 0.25) is 0 Å². The van der Waals surface area contributed by atoms with Crippen LogP contribution in [-0.4, -0.2) is 19.9 Å². The SMILES string of the molecule is CC(P)c1c2nc(cc3ccc([nH]3)c(-c3ccc(Br)cc3)c3ccc(cc4nc1C=C4)[nH]3)C=C2. The standard InChI is InChI=1S/C28H22BrN4P/c1-16(34)27-23-10-6-19(30-23)14-21-8-12-25(32-21)28(17-2-4-18(29)5-3-17)26-13-9-22(33-26)15-20-7-11-24(27)31-20/h2-16,32-33H,34H2,1H3. The van der Waals surface area contributed by atoms with E-state index in [9.17, 15) is 0 Å². The largest absolute Gasteiger partial charge is 0.355 e. The maximum atomic E-state index is 4.91. The van der Waals surface area contributed by atoms with Crippen molar-refractivity contribution in [3.8, 4) is 11.1 Å². The van der Waals surface area contributed by atoms with E-state index in [2.05, 4.69) is 127 Å². The molecule has 5 heterocycles. The number of aromatic amines is 2. The van der Waals surface area contributed by atoms with Gasteiger partial charge in [-0.05, 0) is 84.1 Å². The van der Waals surface area contributed by atoms with Crippen LogP contribution >= 0.6 is 25.2 Å². The number of hydrogen-bond donors (Lipinski definition) is 2. The lowest BCUT2D eigenvalue weighted by Gasteiger charge is -2.07. The highest BCUT2D eigenvalue weighted by Crippen LogP contribution is 2.33. The number of aromatic nitrogens is 4. The van der Waals surface area contributed by atoms with Gasteiger partial charge in [-0.3, -0.25) is 0 Å². The van der Waals surface area contributed by atoms with E-state index in [0.29, 0.717) is 0 Å². The molecule has 166 valence electrons. The highest BCUT2D eigenvalue weighted by molar-refractivity contribution is 9.10. The summed E-state index contributed by atoms with van der Waals surface area (Å²) in [5.74, 6) is 0. The minimum atomic E-state index is 0.224. The second-order valence-corrected chi connectivity index (χ2v) is 10.5. The molecule has 2 unspecified atom stereocenters. The maximum absolute atomic E-state index is 4.91. The van der Waals surface area contributed by atoms with Crippen LogP contribution in [0, 0.1) is 0 Å². The molecule has 34 heavy (non-hydrogen) atoms. The van der Waals surface area contributed by atoms with Gasteiger partial charge in [-0.1, -0.05) is 35.0 Å². The predicted molar refractivity (Wildman–Crippen MR) is 150 cm³/mol. The summed E-state index contributed by atoms with van der Waals surface area (Å²) in [4.78, 5) is 17.0. The highest BCUT2D eigenvalue weighted by atomic mass is 79.9. The molecule has 0 aliphatic carbocycles. The maximum Gasteiger partial charge on any atom is 0.0697 e. The fraction of sp³-hybridized carbons (Fsp3) is 0.0714. The first-order chi connectivity index (χ1) is 16.5. The Morgan fingerprint density at radius 3 is 1.76 bits per heavy atom. The van der Waals surface area contributed by atoms with Crippen molar-refractivity contribution < 1.29 is 0 Å². The number of nitrogens with zero attached hydrogens (tertiary/aromatic N) is 2. The van der Waals surface area contributed by atoms with Gasteiger partial charge < -0.3 is 9.97 Å². The van der Waals surface area contributed by atoms with E-state index in [1.54, 1.807) is 0 Å². The Kier molecular flexibility index (Phi) is 5.32. The Hall–Kier alpha value is -3.27. The van der Waals surface area contributed by atoms with Gasteiger partial charge in [0.05, 0.1) is 22.8 Å². The third kappa shape index (κ3) is 3.96. The quantitative estimate of drug-likeness (QED) is 0.225. The van der Waals surface area contributed by atoms with Crippen molar-refractivity contribution in [2.45, 2.75) is 12.6 Å². The van der Waals surface area contributed by atoms with E-state index < -0.39 is 0 Å². The number of nitrogens with one attached hydrogen (secondary N) is 2. The first-order valence-electron chi connectivity index (χ1n) is 11.2. The second kappa shape index (κ2) is 8.50. The molecule has 2 N–H and O–H groups in total. The molecule has 0 radical (unpaired) electrons. The molecule has 0 amide bonds. The van der Waals surface area contributed by atoms with Crippen molar-refractivity contribution >= 4 is 71.5 Å². The van der Waals surface area contributed by atoms with Gasteiger partial charge in [0.2, 0.25) is 0 Å². The minimum absolute atomic E-state index is 0.224. The topological polar surface area (TPSA) is 57.4 Å². The Labute approximate surface area is 208 Å². The van der Waals surface area contributed by atoms with Crippen molar-refractivity contribution in [3.63, 3.8) is 0 Å². The molecule has 2 aliphatic heterocycles. The lowest BCUT2D eigenvalue weighted by Crippen LogP contribution is -1.93. The first kappa shape index (κ1) is 21.3. The van der Waals surface area contributed by atoms with Crippen LogP contribution in [0.3, 0.4) is 0 Å². The molecule has 3 aromatic heterocycles. The number of fused-ring (bicyclic) bond motifs is 8. The molecule has 0 spiro atoms. The predicted octanol–water partition coefficient (Wildman–Crippen LogP) is 8.02. The average molecular weight is 525 g/mol. The lowest BCUT2D eigenvalue weighted by molar-refractivity contribution is 1.05. The van der Waals surface area contributed by atoms with Crippen molar-refractivity contribution in [2.75, 3.05) is 0 Å². The average Bonchev–Trinajstić information content (AvgIpc) is 3.60. The summed E-state index contributed by atoms with van der Waals surface area (Å²) in [5, 5.41) is 0. The number of hydrogen-bond acceptors (Lipinski definition) is 2. The highest BCUT2D eigenvalue weighted by Gasteiger charge is 2.15. The summed E-state index contributed by atoms with van der Waals surface area (Å²) in [6, 6.07) is 21.0. The van der Waals surface area contributed by atoms with Gasteiger partial charge in [0.15, 0.2) is 0 Å². The number of halogens is 1. The smallest absolute Gasteiger partial charge is 0.0697 e. The zero-order chi connectivity index (χ0) is 23.2. The molecule has 6 heteroatoms. The Morgan fingerprint density at radius 2 is 1.26 bits per heavy atom. The van der Waals surface area contributed by atoms with E-state index in [-0.39, 0.29) is 5.66 Å². The molecule has 0 fully saturated rings. The molecule has 0 saturated heterocycles. The van der Waals surface area contributed by atoms with Gasteiger partial charge in [0.25, 0.3) is 0 Å². The molecule has 2 aliphatic rings. The molecule has 8 bridgehead atoms. The zero-order valence-electron chi connectivity index (χ0n) is 18.5. The van der Waals surface area contributed by atoms with E-state index in [1.807, 2.05) is 0 Å². The molecule has 2 atom stereocenters. The van der Waals surface area contributed by atoms with Crippen LogP contribution in [-0.2, 0) is 0 Å². The summed E-state index contributed by atoms with van der Waals surface area (Å²) in [6.07, 6.45) is 8.29. The first-order valence-corrected chi connectivity index (χ1v) is 12.6. The summed E-state index contributed by atoms with van der Waals surface area (Å²) in [6.45, 7) is 2.16. The van der Waals surface area contributed by atoms with Gasteiger partial charge >= 0.3 is 0 Å². The van der Waals surface area contributed by atoms with Crippen molar-refractivity contribution in [1.29, 1.82) is 0 Å². The van der Waals surface area contributed by atoms with Crippen molar-refractivity contribution in [3.05, 3.63) is 93.5 Å². The molecule has 6 rings (SSSR count). The lowest BCUT2D eigenvalue weighted by atomic mass is 10.1. The monoisotopic (exact) mass is 524 g/mol. The third-order valence-electron chi connectivity index (χ3n) is 6.03. The summed E-state index contributed by atoms with van der Waals surface area (Å²) in [5.41, 5.74) is 11.4. The van der Waals surface area contributed by atoms with Crippen molar-refractivity contribution in [2.24, 2.45) is 0 Å². The van der Waals surface area contributed by atoms with Crippen LogP contribution in [0.25, 0.3) is 57.5 Å². The Balaban J connectivity index is 1.72. The molecule has 4 aromatic rings. The summed E-state index contributed by atoms with van der Waals surface area (Å²) in [7, 11) is 2.88. The molecule has 1 aromatic carbocycles. The van der Waals surface area contributed by atoms with Gasteiger partial charge in [-0.2, -0.15) is 0 Å². The number of benzene rings is 1. The normalized spacial score (nSPS) is 13.4. The van der Waals surface area contributed by atoms with Gasteiger partial charge in [-0.25, -0.2) is 9.97 Å². The van der Waals surface area contributed by atoms with Crippen LogP contribution in [0.15, 0.2) is 65.1 Å².